The van der Waals surface area contributed by atoms with Crippen molar-refractivity contribution >= 4 is 16.8 Å². The number of furan rings is 1. The van der Waals surface area contributed by atoms with Gasteiger partial charge in [0.2, 0.25) is 5.78 Å². The smallest absolute Gasteiger partial charge is 0.228 e. The van der Waals surface area contributed by atoms with E-state index in [-0.39, 0.29) is 5.78 Å². The Bertz CT molecular complexity index is 1090. The number of rotatable bonds is 5. The van der Waals surface area contributed by atoms with E-state index in [9.17, 15) is 4.79 Å². The SMILES string of the molecule is COc1ccc(C(=O)c2oc3ccccc3c2Cc2ccc(C)cc2)cc1. The van der Waals surface area contributed by atoms with Gasteiger partial charge >= 0.3 is 0 Å². The molecule has 0 aliphatic heterocycles. The van der Waals surface area contributed by atoms with Gasteiger partial charge in [-0.25, -0.2) is 0 Å². The molecule has 3 nitrogen and oxygen atoms in total. The summed E-state index contributed by atoms with van der Waals surface area (Å²) >= 11 is 0. The summed E-state index contributed by atoms with van der Waals surface area (Å²) in [5, 5.41) is 0.981. The first-order valence-electron chi connectivity index (χ1n) is 8.90. The topological polar surface area (TPSA) is 39.4 Å². The maximum absolute atomic E-state index is 13.1. The largest absolute Gasteiger partial charge is 0.497 e. The third-order valence-electron chi connectivity index (χ3n) is 4.76. The van der Waals surface area contributed by atoms with E-state index in [2.05, 4.69) is 31.2 Å². The standard InChI is InChI=1S/C24H20O3/c1-16-7-9-17(10-8-16)15-21-20-5-3-4-6-22(20)27-24(21)23(25)18-11-13-19(26-2)14-12-18/h3-14H,15H2,1-2H3. The number of fused-ring (bicyclic) bond motifs is 1. The Morgan fingerprint density at radius 3 is 2.33 bits per heavy atom. The molecule has 0 fully saturated rings. The molecular formula is C24H20O3. The molecule has 0 spiro atoms. The quantitative estimate of drug-likeness (QED) is 0.439. The zero-order chi connectivity index (χ0) is 18.8. The number of methoxy groups -OCH3 is 1. The first-order chi connectivity index (χ1) is 13.2. The van der Waals surface area contributed by atoms with Gasteiger partial charge in [-0.3, -0.25) is 4.79 Å². The number of benzene rings is 3. The van der Waals surface area contributed by atoms with Crippen LogP contribution in [-0.4, -0.2) is 12.9 Å². The van der Waals surface area contributed by atoms with Gasteiger partial charge in [-0.2, -0.15) is 0 Å². The van der Waals surface area contributed by atoms with Crippen LogP contribution in [0.4, 0.5) is 0 Å². The van der Waals surface area contributed by atoms with Gasteiger partial charge in [0, 0.05) is 22.9 Å². The number of carbonyl (C=O) groups excluding carboxylic acids is 1. The van der Waals surface area contributed by atoms with E-state index in [1.807, 2.05) is 24.3 Å². The van der Waals surface area contributed by atoms with Gasteiger partial charge in [0.15, 0.2) is 5.76 Å². The lowest BCUT2D eigenvalue weighted by atomic mass is 9.97. The molecule has 0 aliphatic rings. The Morgan fingerprint density at radius 1 is 0.926 bits per heavy atom. The van der Waals surface area contributed by atoms with Crippen molar-refractivity contribution in [2.24, 2.45) is 0 Å². The second kappa shape index (κ2) is 7.12. The predicted molar refractivity (Wildman–Crippen MR) is 107 cm³/mol. The molecule has 0 atom stereocenters. The summed E-state index contributed by atoms with van der Waals surface area (Å²) in [6, 6.07) is 23.3. The predicted octanol–water partition coefficient (Wildman–Crippen LogP) is 5.57. The molecule has 4 rings (SSSR count). The van der Waals surface area contributed by atoms with Gasteiger partial charge in [-0.1, -0.05) is 48.0 Å². The van der Waals surface area contributed by atoms with Crippen molar-refractivity contribution in [2.45, 2.75) is 13.3 Å². The summed E-state index contributed by atoms with van der Waals surface area (Å²) in [4.78, 5) is 13.1. The number of hydrogen-bond acceptors (Lipinski definition) is 3. The van der Waals surface area contributed by atoms with E-state index in [0.717, 1.165) is 27.8 Å². The summed E-state index contributed by atoms with van der Waals surface area (Å²) < 4.78 is 11.2. The van der Waals surface area contributed by atoms with Gasteiger partial charge in [0.05, 0.1) is 7.11 Å². The van der Waals surface area contributed by atoms with Gasteiger partial charge in [0.25, 0.3) is 0 Å². The first-order valence-corrected chi connectivity index (χ1v) is 8.90. The molecule has 4 aromatic rings. The number of ether oxygens (including phenoxy) is 1. The minimum atomic E-state index is -0.115. The maximum atomic E-state index is 13.1. The molecule has 0 saturated carbocycles. The number of ketones is 1. The molecule has 0 saturated heterocycles. The first kappa shape index (κ1) is 17.1. The fourth-order valence-corrected chi connectivity index (χ4v) is 3.24. The maximum Gasteiger partial charge on any atom is 0.228 e. The minimum Gasteiger partial charge on any atom is -0.497 e. The number of carbonyl (C=O) groups is 1. The van der Waals surface area contributed by atoms with Crippen molar-refractivity contribution in [3.8, 4) is 5.75 Å². The lowest BCUT2D eigenvalue weighted by Gasteiger charge is -2.05. The third-order valence-corrected chi connectivity index (χ3v) is 4.76. The summed E-state index contributed by atoms with van der Waals surface area (Å²) in [5.41, 5.74) is 4.60. The molecule has 1 aromatic heterocycles. The number of aryl methyl sites for hydroxylation is 1. The fourth-order valence-electron chi connectivity index (χ4n) is 3.24. The van der Waals surface area contributed by atoms with Crippen molar-refractivity contribution in [1.82, 2.24) is 0 Å². The van der Waals surface area contributed by atoms with Crippen LogP contribution in [0.3, 0.4) is 0 Å². The summed E-state index contributed by atoms with van der Waals surface area (Å²) in [6.45, 7) is 2.07. The molecule has 0 unspecified atom stereocenters. The van der Waals surface area contributed by atoms with Crippen LogP contribution in [0.5, 0.6) is 5.75 Å². The second-order valence-electron chi connectivity index (χ2n) is 6.63. The highest BCUT2D eigenvalue weighted by Gasteiger charge is 2.22. The monoisotopic (exact) mass is 356 g/mol. The van der Waals surface area contributed by atoms with Gasteiger partial charge in [0.1, 0.15) is 11.3 Å². The fraction of sp³-hybridized carbons (Fsp3) is 0.125. The van der Waals surface area contributed by atoms with Crippen molar-refractivity contribution < 1.29 is 13.9 Å². The van der Waals surface area contributed by atoms with Crippen molar-refractivity contribution in [2.75, 3.05) is 7.11 Å². The normalized spacial score (nSPS) is 10.9. The molecule has 1 heterocycles. The van der Waals surface area contributed by atoms with Crippen LogP contribution < -0.4 is 4.74 Å². The zero-order valence-corrected chi connectivity index (χ0v) is 15.4. The highest BCUT2D eigenvalue weighted by molar-refractivity contribution is 6.10. The molecule has 3 aromatic carbocycles. The van der Waals surface area contributed by atoms with Crippen LogP contribution in [0.1, 0.15) is 32.8 Å². The second-order valence-corrected chi connectivity index (χ2v) is 6.63. The minimum absolute atomic E-state index is 0.115. The molecule has 0 radical (unpaired) electrons. The van der Waals surface area contributed by atoms with Crippen molar-refractivity contribution in [3.63, 3.8) is 0 Å². The third kappa shape index (κ3) is 3.36. The van der Waals surface area contributed by atoms with E-state index in [1.165, 1.54) is 5.56 Å². The molecular weight excluding hydrogens is 336 g/mol. The Morgan fingerprint density at radius 2 is 1.63 bits per heavy atom. The highest BCUT2D eigenvalue weighted by Crippen LogP contribution is 2.30. The van der Waals surface area contributed by atoms with E-state index < -0.39 is 0 Å². The summed E-state index contributed by atoms with van der Waals surface area (Å²) in [7, 11) is 1.61. The average molecular weight is 356 g/mol. The zero-order valence-electron chi connectivity index (χ0n) is 15.4. The number of hydrogen-bond donors (Lipinski definition) is 0. The average Bonchev–Trinajstić information content (AvgIpc) is 3.08. The Balaban J connectivity index is 1.79. The van der Waals surface area contributed by atoms with Crippen LogP contribution in [0.2, 0.25) is 0 Å². The van der Waals surface area contributed by atoms with Crippen molar-refractivity contribution in [3.05, 3.63) is 101 Å². The van der Waals surface area contributed by atoms with E-state index in [1.54, 1.807) is 31.4 Å². The molecule has 0 bridgehead atoms. The van der Waals surface area contributed by atoms with Crippen LogP contribution >= 0.6 is 0 Å². The van der Waals surface area contributed by atoms with Gasteiger partial charge in [-0.05, 0) is 42.8 Å². The summed E-state index contributed by atoms with van der Waals surface area (Å²) in [6.07, 6.45) is 0.647. The van der Waals surface area contributed by atoms with Crippen LogP contribution in [0.25, 0.3) is 11.0 Å². The van der Waals surface area contributed by atoms with E-state index in [4.69, 9.17) is 9.15 Å². The molecule has 0 amide bonds. The molecule has 0 N–H and O–H groups in total. The lowest BCUT2D eigenvalue weighted by molar-refractivity contribution is 0.101. The Kier molecular flexibility index (Phi) is 4.51. The van der Waals surface area contributed by atoms with Crippen LogP contribution in [0.15, 0.2) is 77.2 Å². The van der Waals surface area contributed by atoms with Crippen LogP contribution in [0, 0.1) is 6.92 Å². The van der Waals surface area contributed by atoms with Crippen LogP contribution in [-0.2, 0) is 6.42 Å². The van der Waals surface area contributed by atoms with Gasteiger partial charge in [-0.15, -0.1) is 0 Å². The lowest BCUT2D eigenvalue weighted by Crippen LogP contribution is -2.04. The van der Waals surface area contributed by atoms with E-state index >= 15 is 0 Å². The highest BCUT2D eigenvalue weighted by atomic mass is 16.5. The molecule has 134 valence electrons. The molecule has 3 heteroatoms. The Labute approximate surface area is 158 Å². The van der Waals surface area contributed by atoms with E-state index in [0.29, 0.717) is 17.7 Å². The molecule has 27 heavy (non-hydrogen) atoms. The Hall–Kier alpha value is -3.33. The van der Waals surface area contributed by atoms with Gasteiger partial charge < -0.3 is 9.15 Å². The molecule has 0 aliphatic carbocycles. The van der Waals surface area contributed by atoms with Crippen molar-refractivity contribution in [1.29, 1.82) is 0 Å². The number of para-hydroxylation sites is 1. The summed E-state index contributed by atoms with van der Waals surface area (Å²) in [5.74, 6) is 1.01.